The Kier molecular flexibility index (Phi) is 4.66. The third-order valence-electron chi connectivity index (χ3n) is 4.59. The van der Waals surface area contributed by atoms with Crippen molar-refractivity contribution < 1.29 is 19.4 Å². The zero-order valence-corrected chi connectivity index (χ0v) is 12.6. The third kappa shape index (κ3) is 2.94. The Morgan fingerprint density at radius 3 is 2.29 bits per heavy atom. The SMILES string of the molecule is COC(=O)C(Cc1ccc(C)cc1)(C(=O)O)C1CCCC1. The van der Waals surface area contributed by atoms with Gasteiger partial charge in [-0.3, -0.25) is 9.59 Å². The number of methoxy groups -OCH3 is 1. The van der Waals surface area contributed by atoms with Gasteiger partial charge < -0.3 is 9.84 Å². The number of rotatable bonds is 5. The number of carboxylic acids is 1. The van der Waals surface area contributed by atoms with Crippen LogP contribution in [0.4, 0.5) is 0 Å². The van der Waals surface area contributed by atoms with Crippen LogP contribution in [0.25, 0.3) is 0 Å². The lowest BCUT2D eigenvalue weighted by Gasteiger charge is -2.32. The minimum absolute atomic E-state index is 0.149. The molecule has 1 aliphatic rings. The normalized spacial score (nSPS) is 18.2. The van der Waals surface area contributed by atoms with Gasteiger partial charge in [0.05, 0.1) is 7.11 Å². The van der Waals surface area contributed by atoms with Gasteiger partial charge in [0.15, 0.2) is 5.41 Å². The molecule has 0 amide bonds. The maximum Gasteiger partial charge on any atom is 0.323 e. The van der Waals surface area contributed by atoms with Crippen molar-refractivity contribution in [1.29, 1.82) is 0 Å². The molecule has 0 aliphatic heterocycles. The second kappa shape index (κ2) is 6.29. The minimum atomic E-state index is -1.46. The van der Waals surface area contributed by atoms with E-state index in [0.29, 0.717) is 0 Å². The summed E-state index contributed by atoms with van der Waals surface area (Å²) in [7, 11) is 1.27. The van der Waals surface area contributed by atoms with Crippen LogP contribution in [0.3, 0.4) is 0 Å². The van der Waals surface area contributed by atoms with Crippen LogP contribution in [-0.4, -0.2) is 24.2 Å². The van der Waals surface area contributed by atoms with E-state index in [2.05, 4.69) is 0 Å². The molecule has 4 nitrogen and oxygen atoms in total. The lowest BCUT2D eigenvalue weighted by molar-refractivity contribution is -0.171. The summed E-state index contributed by atoms with van der Waals surface area (Å²) in [5.74, 6) is -1.84. The van der Waals surface area contributed by atoms with Gasteiger partial charge in [-0.25, -0.2) is 0 Å². The van der Waals surface area contributed by atoms with Crippen molar-refractivity contribution >= 4 is 11.9 Å². The summed E-state index contributed by atoms with van der Waals surface area (Å²) in [6, 6.07) is 7.66. The molecule has 0 spiro atoms. The Morgan fingerprint density at radius 2 is 1.81 bits per heavy atom. The molecule has 21 heavy (non-hydrogen) atoms. The molecule has 1 aromatic carbocycles. The number of carbonyl (C=O) groups is 2. The van der Waals surface area contributed by atoms with E-state index in [4.69, 9.17) is 4.74 Å². The van der Waals surface area contributed by atoms with Gasteiger partial charge >= 0.3 is 11.9 Å². The Morgan fingerprint density at radius 1 is 1.24 bits per heavy atom. The molecule has 0 heterocycles. The molecule has 0 radical (unpaired) electrons. The smallest absolute Gasteiger partial charge is 0.323 e. The van der Waals surface area contributed by atoms with Crippen molar-refractivity contribution in [3.8, 4) is 0 Å². The van der Waals surface area contributed by atoms with Gasteiger partial charge in [0.1, 0.15) is 0 Å². The molecule has 0 bridgehead atoms. The predicted molar refractivity (Wildman–Crippen MR) is 78.9 cm³/mol. The number of esters is 1. The second-order valence-electron chi connectivity index (χ2n) is 5.91. The van der Waals surface area contributed by atoms with Crippen LogP contribution in [0.15, 0.2) is 24.3 Å². The fraction of sp³-hybridized carbons (Fsp3) is 0.529. The number of benzene rings is 1. The molecule has 1 N–H and O–H groups in total. The molecule has 0 aromatic heterocycles. The summed E-state index contributed by atoms with van der Waals surface area (Å²) < 4.78 is 4.87. The first kappa shape index (κ1) is 15.5. The lowest BCUT2D eigenvalue weighted by atomic mass is 9.70. The quantitative estimate of drug-likeness (QED) is 0.669. The number of ether oxygens (including phenoxy) is 1. The van der Waals surface area contributed by atoms with Crippen LogP contribution in [0.1, 0.15) is 36.8 Å². The number of hydrogen-bond donors (Lipinski definition) is 1. The van der Waals surface area contributed by atoms with Crippen LogP contribution in [0.5, 0.6) is 0 Å². The summed E-state index contributed by atoms with van der Waals surface area (Å²) >= 11 is 0. The highest BCUT2D eigenvalue weighted by atomic mass is 16.5. The largest absolute Gasteiger partial charge is 0.480 e. The first-order valence-electron chi connectivity index (χ1n) is 7.38. The number of hydrogen-bond acceptors (Lipinski definition) is 3. The average Bonchev–Trinajstić information content (AvgIpc) is 3.00. The van der Waals surface area contributed by atoms with Gasteiger partial charge in [-0.15, -0.1) is 0 Å². The van der Waals surface area contributed by atoms with E-state index >= 15 is 0 Å². The van der Waals surface area contributed by atoms with E-state index in [1.54, 1.807) is 0 Å². The van der Waals surface area contributed by atoms with Crippen LogP contribution in [0.2, 0.25) is 0 Å². The van der Waals surface area contributed by atoms with E-state index in [1.807, 2.05) is 31.2 Å². The van der Waals surface area contributed by atoms with Crippen LogP contribution < -0.4 is 0 Å². The molecular formula is C17H22O4. The minimum Gasteiger partial charge on any atom is -0.480 e. The summed E-state index contributed by atoms with van der Waals surface area (Å²) in [6.45, 7) is 1.98. The van der Waals surface area contributed by atoms with Gasteiger partial charge in [0.25, 0.3) is 0 Å². The van der Waals surface area contributed by atoms with Crippen molar-refractivity contribution in [3.05, 3.63) is 35.4 Å². The highest BCUT2D eigenvalue weighted by molar-refractivity contribution is 6.00. The number of carbonyl (C=O) groups excluding carboxylic acids is 1. The van der Waals surface area contributed by atoms with E-state index in [9.17, 15) is 14.7 Å². The Bertz CT molecular complexity index is 514. The Labute approximate surface area is 125 Å². The lowest BCUT2D eigenvalue weighted by Crippen LogP contribution is -2.47. The molecule has 1 fully saturated rings. The fourth-order valence-electron chi connectivity index (χ4n) is 3.35. The van der Waals surface area contributed by atoms with Crippen molar-refractivity contribution in [2.45, 2.75) is 39.0 Å². The standard InChI is InChI=1S/C17H22O4/c1-12-7-9-13(10-8-12)11-17(15(18)19,16(20)21-2)14-5-3-4-6-14/h7-10,14H,3-6,11H2,1-2H3,(H,18,19). The average molecular weight is 290 g/mol. The summed E-state index contributed by atoms with van der Waals surface area (Å²) in [4.78, 5) is 24.3. The van der Waals surface area contributed by atoms with Crippen molar-refractivity contribution in [2.24, 2.45) is 11.3 Å². The van der Waals surface area contributed by atoms with Crippen molar-refractivity contribution in [2.75, 3.05) is 7.11 Å². The van der Waals surface area contributed by atoms with Crippen LogP contribution >= 0.6 is 0 Å². The number of carboxylic acid groups (broad SMARTS) is 1. The molecule has 1 unspecified atom stereocenters. The van der Waals surface area contributed by atoms with Gasteiger partial charge in [-0.1, -0.05) is 42.7 Å². The fourth-order valence-corrected chi connectivity index (χ4v) is 3.35. The molecule has 4 heteroatoms. The Hall–Kier alpha value is -1.84. The first-order valence-corrected chi connectivity index (χ1v) is 7.38. The monoisotopic (exact) mass is 290 g/mol. The molecule has 0 saturated heterocycles. The molecule has 1 aromatic rings. The topological polar surface area (TPSA) is 63.6 Å². The predicted octanol–water partition coefficient (Wildman–Crippen LogP) is 2.97. The van der Waals surface area contributed by atoms with Crippen molar-refractivity contribution in [3.63, 3.8) is 0 Å². The molecular weight excluding hydrogens is 268 g/mol. The van der Waals surface area contributed by atoms with Gasteiger partial charge in [-0.2, -0.15) is 0 Å². The zero-order chi connectivity index (χ0) is 15.5. The zero-order valence-electron chi connectivity index (χ0n) is 12.6. The van der Waals surface area contributed by atoms with Gasteiger partial charge in [0.2, 0.25) is 0 Å². The highest BCUT2D eigenvalue weighted by Gasteiger charge is 2.54. The maximum absolute atomic E-state index is 12.3. The molecule has 2 rings (SSSR count). The summed E-state index contributed by atoms with van der Waals surface area (Å²) in [6.07, 6.45) is 3.69. The highest BCUT2D eigenvalue weighted by Crippen LogP contribution is 2.43. The summed E-state index contributed by atoms with van der Waals surface area (Å²) in [5.41, 5.74) is 0.513. The molecule has 1 saturated carbocycles. The second-order valence-corrected chi connectivity index (χ2v) is 5.91. The Balaban J connectivity index is 2.40. The van der Waals surface area contributed by atoms with Gasteiger partial charge in [0, 0.05) is 0 Å². The third-order valence-corrected chi connectivity index (χ3v) is 4.59. The van der Waals surface area contributed by atoms with Crippen LogP contribution in [-0.2, 0) is 20.7 Å². The van der Waals surface area contributed by atoms with E-state index in [-0.39, 0.29) is 12.3 Å². The van der Waals surface area contributed by atoms with Crippen molar-refractivity contribution in [1.82, 2.24) is 0 Å². The molecule has 1 atom stereocenters. The van der Waals surface area contributed by atoms with E-state index in [1.165, 1.54) is 7.11 Å². The van der Waals surface area contributed by atoms with E-state index in [0.717, 1.165) is 36.8 Å². The number of aliphatic carboxylic acids is 1. The van der Waals surface area contributed by atoms with E-state index < -0.39 is 17.4 Å². The molecule has 1 aliphatic carbocycles. The summed E-state index contributed by atoms with van der Waals surface area (Å²) in [5, 5.41) is 9.80. The first-order chi connectivity index (χ1) is 10.0. The van der Waals surface area contributed by atoms with Gasteiger partial charge in [-0.05, 0) is 37.7 Å². The maximum atomic E-state index is 12.3. The van der Waals surface area contributed by atoms with Crippen LogP contribution in [0, 0.1) is 18.3 Å². The molecule has 114 valence electrons. The number of aryl methyl sites for hydroxylation is 1.